The number of alkyl halides is 1. The Morgan fingerprint density at radius 2 is 1.98 bits per heavy atom. The number of hydroxylamine groups is 2. The van der Waals surface area contributed by atoms with Crippen molar-refractivity contribution in [2.75, 3.05) is 26.7 Å². The van der Waals surface area contributed by atoms with Gasteiger partial charge in [0.25, 0.3) is 5.91 Å². The second kappa shape index (κ2) is 15.2. The van der Waals surface area contributed by atoms with Gasteiger partial charge in [-0.1, -0.05) is 45.0 Å². The summed E-state index contributed by atoms with van der Waals surface area (Å²) in [5, 5.41) is 7.39. The van der Waals surface area contributed by atoms with Crippen LogP contribution < -0.4 is 25.9 Å². The SMILES string of the molecule is Cc1ncsc1-c1ccc(CNC(=O)[C@@H]2CCCN2C(=O)[C@@H](NC(=O)C2(F)CC2)C(C)(C)C)c(ON(C)Cc2cccc(OCCN)c2)c1. The van der Waals surface area contributed by atoms with Crippen molar-refractivity contribution in [3.05, 3.63) is 64.8 Å². The molecule has 2 aliphatic rings. The van der Waals surface area contributed by atoms with Crippen molar-refractivity contribution in [2.24, 2.45) is 11.1 Å². The fourth-order valence-electron chi connectivity index (χ4n) is 5.89. The second-order valence-corrected chi connectivity index (χ2v) is 14.8. The molecule has 2 heterocycles. The van der Waals surface area contributed by atoms with E-state index in [4.69, 9.17) is 15.3 Å². The van der Waals surface area contributed by atoms with Gasteiger partial charge in [-0.05, 0) is 67.3 Å². The van der Waals surface area contributed by atoms with Crippen molar-refractivity contribution in [2.45, 2.75) is 84.2 Å². The molecule has 0 bridgehead atoms. The zero-order valence-electron chi connectivity index (χ0n) is 28.9. The fraction of sp³-hybridized carbons (Fsp3) is 0.500. The Bertz CT molecular complexity index is 1650. The van der Waals surface area contributed by atoms with Crippen LogP contribution in [0.4, 0.5) is 4.39 Å². The average Bonchev–Trinajstić information content (AvgIpc) is 3.41. The van der Waals surface area contributed by atoms with Crippen LogP contribution in [0.2, 0.25) is 0 Å². The maximum atomic E-state index is 14.5. The van der Waals surface area contributed by atoms with E-state index in [2.05, 4.69) is 15.6 Å². The van der Waals surface area contributed by atoms with Crippen LogP contribution in [0, 0.1) is 12.3 Å². The van der Waals surface area contributed by atoms with Crippen molar-refractivity contribution < 1.29 is 28.3 Å². The first-order chi connectivity index (χ1) is 23.3. The van der Waals surface area contributed by atoms with Crippen molar-refractivity contribution in [3.8, 4) is 21.9 Å². The summed E-state index contributed by atoms with van der Waals surface area (Å²) in [4.78, 5) is 53.4. The van der Waals surface area contributed by atoms with Gasteiger partial charge in [-0.25, -0.2) is 9.37 Å². The number of aromatic nitrogens is 1. The van der Waals surface area contributed by atoms with Crippen molar-refractivity contribution in [1.82, 2.24) is 25.6 Å². The Labute approximate surface area is 291 Å². The van der Waals surface area contributed by atoms with Gasteiger partial charge in [0.15, 0.2) is 11.4 Å². The number of hydrogen-bond donors (Lipinski definition) is 3. The van der Waals surface area contributed by atoms with Gasteiger partial charge in [0.1, 0.15) is 24.4 Å². The molecule has 0 radical (unpaired) electrons. The number of halogens is 1. The van der Waals surface area contributed by atoms with Gasteiger partial charge in [-0.15, -0.1) is 16.4 Å². The van der Waals surface area contributed by atoms with Gasteiger partial charge >= 0.3 is 0 Å². The highest BCUT2D eigenvalue weighted by Gasteiger charge is 2.53. The van der Waals surface area contributed by atoms with Crippen molar-refractivity contribution in [3.63, 3.8) is 0 Å². The minimum Gasteiger partial charge on any atom is -0.492 e. The van der Waals surface area contributed by atoms with Crippen LogP contribution in [0.1, 0.15) is 63.3 Å². The lowest BCUT2D eigenvalue weighted by Gasteiger charge is -2.35. The van der Waals surface area contributed by atoms with Crippen molar-refractivity contribution in [1.29, 1.82) is 0 Å². The number of likely N-dealkylation sites (tertiary alicyclic amines) is 1. The number of nitrogens with two attached hydrogens (primary N) is 1. The molecule has 1 aromatic heterocycles. The molecule has 5 rings (SSSR count). The fourth-order valence-corrected chi connectivity index (χ4v) is 6.69. The summed E-state index contributed by atoms with van der Waals surface area (Å²) in [6, 6.07) is 11.9. The number of ether oxygens (including phenoxy) is 1. The lowest BCUT2D eigenvalue weighted by Crippen LogP contribution is -2.58. The molecule has 0 unspecified atom stereocenters. The largest absolute Gasteiger partial charge is 0.492 e. The molecule has 1 aliphatic carbocycles. The summed E-state index contributed by atoms with van der Waals surface area (Å²) < 4.78 is 20.2. The van der Waals surface area contributed by atoms with Gasteiger partial charge in [0, 0.05) is 32.2 Å². The molecule has 3 amide bonds. The highest BCUT2D eigenvalue weighted by molar-refractivity contribution is 7.13. The average molecular weight is 695 g/mol. The number of aryl methyl sites for hydroxylation is 1. The summed E-state index contributed by atoms with van der Waals surface area (Å²) in [5.74, 6) is -0.144. The van der Waals surface area contributed by atoms with E-state index in [1.54, 1.807) is 10.6 Å². The number of nitrogens with zero attached hydrogens (tertiary/aromatic N) is 3. The summed E-state index contributed by atoms with van der Waals surface area (Å²) in [5.41, 5.74) is 8.38. The van der Waals surface area contributed by atoms with Crippen LogP contribution in [0.25, 0.3) is 10.4 Å². The standard InChI is InChI=1S/C36H47FN6O5S/c1-23-30(49-22-40-23)25-11-12-26(29(19-25)48-42(5)21-24-8-6-9-27(18-24)47-17-15-38)20-39-32(44)28-10-7-16-43(28)33(45)31(35(2,3)4)41-34(46)36(37)13-14-36/h6,8-9,11-12,18-19,22,28,31H,7,10,13-17,20-21,38H2,1-5H3,(H,39,44)(H,41,46)/t28-,31+/m0/s1. The predicted molar refractivity (Wildman–Crippen MR) is 186 cm³/mol. The molecule has 2 atom stereocenters. The number of hydrogen-bond acceptors (Lipinski definition) is 9. The highest BCUT2D eigenvalue weighted by Crippen LogP contribution is 2.40. The van der Waals surface area contributed by atoms with Crippen molar-refractivity contribution >= 4 is 29.1 Å². The molecular weight excluding hydrogens is 647 g/mol. The van der Waals surface area contributed by atoms with Gasteiger partial charge < -0.3 is 30.8 Å². The van der Waals surface area contributed by atoms with Gasteiger partial charge in [-0.3, -0.25) is 14.4 Å². The number of thiazole rings is 1. The van der Waals surface area contributed by atoms with Crippen LogP contribution in [-0.4, -0.2) is 77.2 Å². The summed E-state index contributed by atoms with van der Waals surface area (Å²) in [7, 11) is 1.83. The molecule has 1 saturated heterocycles. The second-order valence-electron chi connectivity index (χ2n) is 13.9. The van der Waals surface area contributed by atoms with E-state index in [-0.39, 0.29) is 31.2 Å². The third-order valence-electron chi connectivity index (χ3n) is 8.80. The van der Waals surface area contributed by atoms with E-state index in [0.29, 0.717) is 44.8 Å². The maximum absolute atomic E-state index is 14.5. The van der Waals surface area contributed by atoms with Crippen LogP contribution in [0.3, 0.4) is 0 Å². The van der Waals surface area contributed by atoms with E-state index >= 15 is 0 Å². The lowest BCUT2D eigenvalue weighted by atomic mass is 9.85. The molecule has 49 heavy (non-hydrogen) atoms. The monoisotopic (exact) mass is 694 g/mol. The van der Waals surface area contributed by atoms with Gasteiger partial charge in [0.05, 0.1) is 22.6 Å². The highest BCUT2D eigenvalue weighted by atomic mass is 32.1. The Balaban J connectivity index is 1.30. The molecule has 2 fully saturated rings. The molecule has 2 aromatic carbocycles. The normalized spacial score (nSPS) is 17.5. The molecule has 1 saturated carbocycles. The minimum atomic E-state index is -1.91. The number of benzene rings is 2. The quantitative estimate of drug-likeness (QED) is 0.210. The third kappa shape index (κ3) is 8.94. The summed E-state index contributed by atoms with van der Waals surface area (Å²) in [6.07, 6.45) is 1.44. The smallest absolute Gasteiger partial charge is 0.258 e. The maximum Gasteiger partial charge on any atom is 0.258 e. The van der Waals surface area contributed by atoms with Gasteiger partial charge in [-0.2, -0.15) is 0 Å². The molecule has 0 spiro atoms. The number of carbonyl (C=O) groups is 3. The number of rotatable bonds is 14. The molecular formula is C36H47FN6O5S. The predicted octanol–water partition coefficient (Wildman–Crippen LogP) is 4.52. The van der Waals surface area contributed by atoms with E-state index in [1.807, 2.05) is 77.2 Å². The Morgan fingerprint density at radius 3 is 2.65 bits per heavy atom. The molecule has 264 valence electrons. The zero-order chi connectivity index (χ0) is 35.3. The first-order valence-electron chi connectivity index (χ1n) is 16.7. The van der Waals surface area contributed by atoms with E-state index in [9.17, 15) is 18.8 Å². The molecule has 1 aliphatic heterocycles. The van der Waals surface area contributed by atoms with E-state index in [0.717, 1.165) is 33.0 Å². The Morgan fingerprint density at radius 1 is 1.20 bits per heavy atom. The third-order valence-corrected chi connectivity index (χ3v) is 9.77. The lowest BCUT2D eigenvalue weighted by molar-refractivity contribution is -0.144. The Hall–Kier alpha value is -4.07. The minimum absolute atomic E-state index is 0.155. The number of nitrogens with one attached hydrogen (secondary N) is 2. The van der Waals surface area contributed by atoms with Crippen LogP contribution in [-0.2, 0) is 27.5 Å². The van der Waals surface area contributed by atoms with E-state index in [1.165, 1.54) is 16.2 Å². The topological polar surface area (TPSA) is 139 Å². The number of amides is 3. The molecule has 11 nitrogen and oxygen atoms in total. The van der Waals surface area contributed by atoms with Crippen LogP contribution in [0.5, 0.6) is 11.5 Å². The first kappa shape index (κ1) is 36.2. The zero-order valence-corrected chi connectivity index (χ0v) is 29.7. The molecule has 13 heteroatoms. The number of carbonyl (C=O) groups excluding carboxylic acids is 3. The molecule has 3 aromatic rings. The Kier molecular flexibility index (Phi) is 11.3. The molecule has 4 N–H and O–H groups in total. The summed E-state index contributed by atoms with van der Waals surface area (Å²) in [6.45, 7) is 9.27. The van der Waals surface area contributed by atoms with Crippen LogP contribution in [0.15, 0.2) is 48.0 Å². The van der Waals surface area contributed by atoms with Crippen LogP contribution >= 0.6 is 11.3 Å². The summed E-state index contributed by atoms with van der Waals surface area (Å²) >= 11 is 1.54. The van der Waals surface area contributed by atoms with Gasteiger partial charge in [0.2, 0.25) is 11.8 Å². The first-order valence-corrected chi connectivity index (χ1v) is 17.6. The van der Waals surface area contributed by atoms with E-state index < -0.39 is 29.1 Å².